The molecule has 0 fully saturated rings. The van der Waals surface area contributed by atoms with E-state index in [4.69, 9.17) is 9.72 Å². The third-order valence-electron chi connectivity index (χ3n) is 3.95. The normalized spacial score (nSPS) is 11.0. The summed E-state index contributed by atoms with van der Waals surface area (Å²) in [4.78, 5) is 4.72. The van der Waals surface area contributed by atoms with E-state index < -0.39 is 0 Å². The molecule has 1 N–H and O–H groups in total. The lowest BCUT2D eigenvalue weighted by Gasteiger charge is -2.10. The highest BCUT2D eigenvalue weighted by molar-refractivity contribution is 5.53. The second-order valence-electron chi connectivity index (χ2n) is 5.45. The molecule has 0 bridgehead atoms. The zero-order valence-electron chi connectivity index (χ0n) is 13.3. The molecule has 2 aromatic heterocycles. The van der Waals surface area contributed by atoms with Crippen LogP contribution in [0.3, 0.4) is 0 Å². The minimum atomic E-state index is 0.458. The first-order valence-electron chi connectivity index (χ1n) is 7.49. The van der Waals surface area contributed by atoms with E-state index in [0.717, 1.165) is 29.3 Å². The van der Waals surface area contributed by atoms with Gasteiger partial charge < -0.3 is 14.5 Å². The number of fused-ring (bicyclic) bond motifs is 1. The molecule has 0 radical (unpaired) electrons. The van der Waals surface area contributed by atoms with Crippen molar-refractivity contribution in [2.45, 2.75) is 27.0 Å². The number of benzene rings is 1. The molecule has 3 aromatic rings. The molecule has 0 saturated heterocycles. The number of hydrogen-bond acceptors (Lipinski definition) is 3. The molecule has 3 rings (SSSR count). The van der Waals surface area contributed by atoms with Crippen LogP contribution in [0.4, 0.5) is 0 Å². The summed E-state index contributed by atoms with van der Waals surface area (Å²) in [5, 5.41) is 3.16. The minimum absolute atomic E-state index is 0.458. The molecule has 114 valence electrons. The minimum Gasteiger partial charge on any atom is -0.485 e. The average molecular weight is 295 g/mol. The number of pyridine rings is 1. The molecule has 0 atom stereocenters. The second kappa shape index (κ2) is 6.20. The number of aryl methyl sites for hydroxylation is 1. The van der Waals surface area contributed by atoms with E-state index >= 15 is 0 Å². The van der Waals surface area contributed by atoms with E-state index in [1.54, 1.807) is 0 Å². The Kier molecular flexibility index (Phi) is 4.11. The van der Waals surface area contributed by atoms with Gasteiger partial charge in [-0.15, -0.1) is 0 Å². The van der Waals surface area contributed by atoms with Gasteiger partial charge in [0.15, 0.2) is 5.82 Å². The van der Waals surface area contributed by atoms with Crippen LogP contribution in [0.15, 0.2) is 42.6 Å². The summed E-state index contributed by atoms with van der Waals surface area (Å²) in [6, 6.07) is 12.3. The monoisotopic (exact) mass is 295 g/mol. The van der Waals surface area contributed by atoms with Gasteiger partial charge in [-0.25, -0.2) is 4.98 Å². The number of ether oxygens (including phenoxy) is 1. The van der Waals surface area contributed by atoms with Crippen LogP contribution in [0, 0.1) is 13.8 Å². The van der Waals surface area contributed by atoms with Crippen LogP contribution in [0.1, 0.15) is 22.6 Å². The molecule has 0 saturated carbocycles. The first kappa shape index (κ1) is 14.6. The Morgan fingerprint density at radius 1 is 1.14 bits per heavy atom. The third kappa shape index (κ3) is 2.70. The van der Waals surface area contributed by atoms with Gasteiger partial charge in [0.05, 0.1) is 11.2 Å². The van der Waals surface area contributed by atoms with Gasteiger partial charge in [0.1, 0.15) is 12.4 Å². The Labute approximate surface area is 130 Å². The van der Waals surface area contributed by atoms with Crippen LogP contribution in [0.2, 0.25) is 0 Å². The fourth-order valence-corrected chi connectivity index (χ4v) is 2.59. The highest BCUT2D eigenvalue weighted by atomic mass is 16.5. The summed E-state index contributed by atoms with van der Waals surface area (Å²) in [5.74, 6) is 1.84. The summed E-state index contributed by atoms with van der Waals surface area (Å²) in [6.45, 7) is 5.38. The van der Waals surface area contributed by atoms with Crippen molar-refractivity contribution in [2.24, 2.45) is 0 Å². The number of nitrogens with one attached hydrogen (secondary N) is 1. The molecule has 4 nitrogen and oxygen atoms in total. The van der Waals surface area contributed by atoms with Crippen molar-refractivity contribution in [2.75, 3.05) is 7.05 Å². The zero-order valence-corrected chi connectivity index (χ0v) is 13.3. The fourth-order valence-electron chi connectivity index (χ4n) is 2.59. The Hall–Kier alpha value is -2.33. The molecule has 0 unspecified atom stereocenters. The summed E-state index contributed by atoms with van der Waals surface area (Å²) in [6.07, 6.45) is 2.03. The lowest BCUT2D eigenvalue weighted by molar-refractivity contribution is 0.293. The largest absolute Gasteiger partial charge is 0.485 e. The topological polar surface area (TPSA) is 38.6 Å². The molecule has 1 aromatic carbocycles. The van der Waals surface area contributed by atoms with Crippen molar-refractivity contribution >= 4 is 5.52 Å². The van der Waals surface area contributed by atoms with Gasteiger partial charge in [0.25, 0.3) is 0 Å². The van der Waals surface area contributed by atoms with Crippen LogP contribution in [0.25, 0.3) is 5.52 Å². The molecule has 0 amide bonds. The van der Waals surface area contributed by atoms with Crippen LogP contribution in [-0.2, 0) is 13.2 Å². The van der Waals surface area contributed by atoms with Crippen molar-refractivity contribution in [1.82, 2.24) is 14.7 Å². The number of nitrogens with zero attached hydrogens (tertiary/aromatic N) is 2. The smallest absolute Gasteiger partial charge is 0.151 e. The molecule has 0 aliphatic heterocycles. The van der Waals surface area contributed by atoms with Crippen LogP contribution < -0.4 is 10.1 Å². The molecule has 22 heavy (non-hydrogen) atoms. The van der Waals surface area contributed by atoms with Crippen LogP contribution in [-0.4, -0.2) is 16.4 Å². The Morgan fingerprint density at radius 2 is 2.00 bits per heavy atom. The summed E-state index contributed by atoms with van der Waals surface area (Å²) < 4.78 is 8.09. The first-order chi connectivity index (χ1) is 10.7. The molecular weight excluding hydrogens is 274 g/mol. The second-order valence-corrected chi connectivity index (χ2v) is 5.45. The average Bonchev–Trinajstić information content (AvgIpc) is 2.88. The predicted octanol–water partition coefficient (Wildman–Crippen LogP) is 3.25. The Bertz CT molecular complexity index is 792. The van der Waals surface area contributed by atoms with E-state index in [1.807, 2.05) is 37.5 Å². The van der Waals surface area contributed by atoms with Crippen LogP contribution >= 0.6 is 0 Å². The van der Waals surface area contributed by atoms with E-state index in [9.17, 15) is 0 Å². The van der Waals surface area contributed by atoms with Gasteiger partial charge in [0.2, 0.25) is 0 Å². The predicted molar refractivity (Wildman–Crippen MR) is 88.2 cm³/mol. The zero-order chi connectivity index (χ0) is 15.5. The van der Waals surface area contributed by atoms with Gasteiger partial charge in [-0.2, -0.15) is 0 Å². The highest BCUT2D eigenvalue weighted by Crippen LogP contribution is 2.22. The van der Waals surface area contributed by atoms with Crippen molar-refractivity contribution < 1.29 is 4.74 Å². The maximum absolute atomic E-state index is 6.00. The summed E-state index contributed by atoms with van der Waals surface area (Å²) >= 11 is 0. The Balaban J connectivity index is 1.89. The Morgan fingerprint density at radius 3 is 2.82 bits per heavy atom. The van der Waals surface area contributed by atoms with E-state index in [2.05, 4.69) is 35.7 Å². The quantitative estimate of drug-likeness (QED) is 0.785. The van der Waals surface area contributed by atoms with Gasteiger partial charge in [-0.3, -0.25) is 0 Å². The first-order valence-corrected chi connectivity index (χ1v) is 7.49. The lowest BCUT2D eigenvalue weighted by atomic mass is 10.1. The number of hydrogen-bond donors (Lipinski definition) is 1. The van der Waals surface area contributed by atoms with Gasteiger partial charge in [-0.05, 0) is 50.2 Å². The standard InChI is InChI=1S/C18H21N3O/c1-13-7-6-9-17(14(13)2)22-12-18-20-15(11-19-3)16-8-4-5-10-21(16)18/h4-10,19H,11-12H2,1-3H3. The molecule has 0 aliphatic carbocycles. The van der Waals surface area contributed by atoms with Gasteiger partial charge in [0, 0.05) is 12.7 Å². The van der Waals surface area contributed by atoms with Crippen molar-refractivity contribution in [3.63, 3.8) is 0 Å². The van der Waals surface area contributed by atoms with E-state index in [-0.39, 0.29) is 0 Å². The molecular formula is C18H21N3O. The van der Waals surface area contributed by atoms with Gasteiger partial charge >= 0.3 is 0 Å². The number of imidazole rings is 1. The lowest BCUT2D eigenvalue weighted by Crippen LogP contribution is -2.06. The van der Waals surface area contributed by atoms with Crippen molar-refractivity contribution in [1.29, 1.82) is 0 Å². The van der Waals surface area contributed by atoms with Crippen LogP contribution in [0.5, 0.6) is 5.75 Å². The molecule has 0 aliphatic rings. The molecule has 4 heteroatoms. The summed E-state index contributed by atoms with van der Waals surface area (Å²) in [7, 11) is 1.93. The molecule has 2 heterocycles. The van der Waals surface area contributed by atoms with E-state index in [0.29, 0.717) is 6.61 Å². The van der Waals surface area contributed by atoms with Gasteiger partial charge in [-0.1, -0.05) is 18.2 Å². The third-order valence-corrected chi connectivity index (χ3v) is 3.95. The number of rotatable bonds is 5. The SMILES string of the molecule is CNCc1nc(COc2cccc(C)c2C)n2ccccc12. The maximum atomic E-state index is 6.00. The maximum Gasteiger partial charge on any atom is 0.151 e. The highest BCUT2D eigenvalue weighted by Gasteiger charge is 2.11. The fraction of sp³-hybridized carbons (Fsp3) is 0.278. The molecule has 0 spiro atoms. The van der Waals surface area contributed by atoms with Crippen molar-refractivity contribution in [3.05, 3.63) is 65.2 Å². The van der Waals surface area contributed by atoms with E-state index in [1.165, 1.54) is 11.1 Å². The van der Waals surface area contributed by atoms with Crippen molar-refractivity contribution in [3.8, 4) is 5.75 Å². The summed E-state index contributed by atoms with van der Waals surface area (Å²) in [5.41, 5.74) is 4.58. The number of aromatic nitrogens is 2.